The molecule has 0 spiro atoms. The summed E-state index contributed by atoms with van der Waals surface area (Å²) >= 11 is 0. The number of morpholine rings is 1. The first kappa shape index (κ1) is 15.0. The molecule has 3 rings (SSSR count). The largest absolute Gasteiger partial charge is 0.378 e. The average Bonchev–Trinajstić information content (AvgIpc) is 2.97. The zero-order valence-corrected chi connectivity index (χ0v) is 12.3. The molecule has 1 saturated heterocycles. The molecule has 0 aliphatic carbocycles. The van der Waals surface area contributed by atoms with Crippen molar-refractivity contribution in [2.45, 2.75) is 0 Å². The van der Waals surface area contributed by atoms with Gasteiger partial charge in [-0.15, -0.1) is 0 Å². The predicted octanol–water partition coefficient (Wildman–Crippen LogP) is 0.525. The van der Waals surface area contributed by atoms with E-state index in [1.54, 1.807) is 6.07 Å². The van der Waals surface area contributed by atoms with Crippen LogP contribution in [0.5, 0.6) is 0 Å². The fourth-order valence-electron chi connectivity index (χ4n) is 2.23. The van der Waals surface area contributed by atoms with E-state index in [0.717, 1.165) is 18.9 Å². The average molecular weight is 316 g/mol. The lowest BCUT2D eigenvalue weighted by Crippen LogP contribution is -2.36. The molecule has 0 aromatic carbocycles. The van der Waals surface area contributed by atoms with Gasteiger partial charge in [0.2, 0.25) is 0 Å². The Hall–Kier alpha value is -2.88. The summed E-state index contributed by atoms with van der Waals surface area (Å²) in [5, 5.41) is 5.98. The normalized spacial score (nSPS) is 15.2. The van der Waals surface area contributed by atoms with Gasteiger partial charge in [-0.05, 0) is 0 Å². The van der Waals surface area contributed by atoms with Crippen LogP contribution in [0.4, 0.5) is 11.5 Å². The van der Waals surface area contributed by atoms with Gasteiger partial charge in [0.05, 0.1) is 26.0 Å². The third kappa shape index (κ3) is 3.31. The fourth-order valence-corrected chi connectivity index (χ4v) is 2.23. The number of hydrogen-bond acceptors (Lipinski definition) is 8. The van der Waals surface area contributed by atoms with Crippen molar-refractivity contribution in [1.82, 2.24) is 19.7 Å². The summed E-state index contributed by atoms with van der Waals surface area (Å²) in [6.07, 6.45) is 4.32. The maximum atomic E-state index is 12.3. The number of nitrogens with one attached hydrogen (secondary N) is 2. The van der Waals surface area contributed by atoms with Crippen molar-refractivity contribution in [3.8, 4) is 5.82 Å². The molecule has 2 N–H and O–H groups in total. The number of rotatable bonds is 5. The van der Waals surface area contributed by atoms with Gasteiger partial charge in [0.15, 0.2) is 5.82 Å². The van der Waals surface area contributed by atoms with Crippen molar-refractivity contribution in [2.75, 3.05) is 37.7 Å². The maximum absolute atomic E-state index is 12.3. The Morgan fingerprint density at radius 1 is 1.35 bits per heavy atom. The molecule has 1 aliphatic heterocycles. The molecule has 23 heavy (non-hydrogen) atoms. The molecule has 2 aromatic rings. The van der Waals surface area contributed by atoms with Crippen LogP contribution >= 0.6 is 0 Å². The van der Waals surface area contributed by atoms with Crippen LogP contribution < -0.4 is 10.5 Å². The van der Waals surface area contributed by atoms with E-state index >= 15 is 0 Å². The first-order valence-electron chi connectivity index (χ1n) is 7.11. The van der Waals surface area contributed by atoms with Gasteiger partial charge in [0, 0.05) is 25.4 Å². The van der Waals surface area contributed by atoms with Gasteiger partial charge in [-0.2, -0.15) is 9.80 Å². The first-order valence-corrected chi connectivity index (χ1v) is 7.11. The Labute approximate surface area is 131 Å². The smallest absolute Gasteiger partial charge is 0.298 e. The SMILES string of the molecule is N=NCC=Nc1c[nH]n(-c2cc(N3CCOCC3)ncn2)c1=O. The van der Waals surface area contributed by atoms with E-state index in [0.29, 0.717) is 19.0 Å². The highest BCUT2D eigenvalue weighted by Gasteiger charge is 2.15. The van der Waals surface area contributed by atoms with Crippen LogP contribution in [0.2, 0.25) is 0 Å². The predicted molar refractivity (Wildman–Crippen MR) is 83.2 cm³/mol. The molecule has 10 heteroatoms. The minimum atomic E-state index is -0.321. The third-order valence-corrected chi connectivity index (χ3v) is 3.36. The van der Waals surface area contributed by atoms with E-state index in [-0.39, 0.29) is 17.8 Å². The number of hydrogen-bond donors (Lipinski definition) is 2. The summed E-state index contributed by atoms with van der Waals surface area (Å²) in [6, 6.07) is 1.75. The van der Waals surface area contributed by atoms with Crippen LogP contribution in [0.1, 0.15) is 0 Å². The second kappa shape index (κ2) is 6.92. The van der Waals surface area contributed by atoms with E-state index in [2.05, 4.69) is 30.1 Å². The summed E-state index contributed by atoms with van der Waals surface area (Å²) in [5.41, 5.74) is 6.61. The van der Waals surface area contributed by atoms with E-state index in [1.807, 2.05) is 0 Å². The van der Waals surface area contributed by atoms with Crippen molar-refractivity contribution in [2.24, 2.45) is 10.1 Å². The van der Waals surface area contributed by atoms with E-state index < -0.39 is 0 Å². The van der Waals surface area contributed by atoms with Gasteiger partial charge in [0.25, 0.3) is 5.56 Å². The number of nitrogens with zero attached hydrogens (tertiary/aromatic N) is 6. The molecule has 0 saturated carbocycles. The highest BCUT2D eigenvalue weighted by Crippen LogP contribution is 2.14. The standard InChI is InChI=1S/C13H16N8O2/c14-18-2-1-15-10-8-19-21(13(10)22)12-7-11(16-9-17-12)20-3-5-23-6-4-20/h1,7-9,14,19H,2-6H2. The number of anilines is 1. The molecule has 0 unspecified atom stereocenters. The fraction of sp³-hybridized carbons (Fsp3) is 0.385. The number of H-pyrrole nitrogens is 1. The van der Waals surface area contributed by atoms with Crippen LogP contribution in [0.3, 0.4) is 0 Å². The summed E-state index contributed by atoms with van der Waals surface area (Å²) < 4.78 is 6.62. The minimum absolute atomic E-state index is 0.138. The Morgan fingerprint density at radius 3 is 2.91 bits per heavy atom. The van der Waals surface area contributed by atoms with Crippen LogP contribution in [0.15, 0.2) is 33.5 Å². The monoisotopic (exact) mass is 316 g/mol. The number of ether oxygens (including phenoxy) is 1. The van der Waals surface area contributed by atoms with E-state index in [4.69, 9.17) is 10.3 Å². The summed E-state index contributed by atoms with van der Waals surface area (Å²) in [5.74, 6) is 1.19. The van der Waals surface area contributed by atoms with Crippen molar-refractivity contribution >= 4 is 17.7 Å². The maximum Gasteiger partial charge on any atom is 0.298 e. The Kier molecular flexibility index (Phi) is 4.52. The molecule has 1 fully saturated rings. The van der Waals surface area contributed by atoms with Crippen LogP contribution in [0.25, 0.3) is 5.82 Å². The second-order valence-electron chi connectivity index (χ2n) is 4.79. The zero-order chi connectivity index (χ0) is 16.1. The summed E-state index contributed by atoms with van der Waals surface area (Å²) in [7, 11) is 0. The second-order valence-corrected chi connectivity index (χ2v) is 4.79. The van der Waals surface area contributed by atoms with Crippen LogP contribution in [-0.4, -0.2) is 58.8 Å². The lowest BCUT2D eigenvalue weighted by atomic mass is 10.4. The Bertz CT molecular complexity index is 759. The van der Waals surface area contributed by atoms with Gasteiger partial charge in [0.1, 0.15) is 17.8 Å². The molecule has 10 nitrogen and oxygen atoms in total. The van der Waals surface area contributed by atoms with E-state index in [1.165, 1.54) is 23.4 Å². The summed E-state index contributed by atoms with van der Waals surface area (Å²) in [4.78, 5) is 26.7. The molecule has 1 aliphatic rings. The van der Waals surface area contributed by atoms with Gasteiger partial charge >= 0.3 is 0 Å². The Balaban J connectivity index is 1.87. The lowest BCUT2D eigenvalue weighted by molar-refractivity contribution is 0.122. The zero-order valence-electron chi connectivity index (χ0n) is 12.3. The molecule has 0 amide bonds. The number of aliphatic imine (C=N–C) groups is 1. The number of aromatic nitrogens is 4. The molecular weight excluding hydrogens is 300 g/mol. The van der Waals surface area contributed by atoms with Gasteiger partial charge in [-0.25, -0.2) is 15.5 Å². The van der Waals surface area contributed by atoms with Crippen molar-refractivity contribution in [3.63, 3.8) is 0 Å². The molecule has 120 valence electrons. The minimum Gasteiger partial charge on any atom is -0.378 e. The van der Waals surface area contributed by atoms with Gasteiger partial charge in [-0.3, -0.25) is 14.9 Å². The molecule has 0 bridgehead atoms. The molecule has 0 atom stereocenters. The van der Waals surface area contributed by atoms with Crippen LogP contribution in [-0.2, 0) is 4.74 Å². The molecule has 3 heterocycles. The Morgan fingerprint density at radius 2 is 2.13 bits per heavy atom. The van der Waals surface area contributed by atoms with Crippen LogP contribution in [0, 0.1) is 5.53 Å². The van der Waals surface area contributed by atoms with Crippen molar-refractivity contribution in [1.29, 1.82) is 5.53 Å². The number of aromatic amines is 1. The highest BCUT2D eigenvalue weighted by molar-refractivity contribution is 5.64. The molecule has 2 aromatic heterocycles. The quantitative estimate of drug-likeness (QED) is 0.614. The van der Waals surface area contributed by atoms with Gasteiger partial charge < -0.3 is 9.64 Å². The molecule has 0 radical (unpaired) electrons. The van der Waals surface area contributed by atoms with Crippen molar-refractivity contribution in [3.05, 3.63) is 28.9 Å². The van der Waals surface area contributed by atoms with Gasteiger partial charge in [-0.1, -0.05) is 0 Å². The summed E-state index contributed by atoms with van der Waals surface area (Å²) in [6.45, 7) is 2.95. The molecular formula is C13H16N8O2. The lowest BCUT2D eigenvalue weighted by Gasteiger charge is -2.27. The van der Waals surface area contributed by atoms with E-state index in [9.17, 15) is 4.79 Å². The topological polar surface area (TPSA) is 125 Å². The highest BCUT2D eigenvalue weighted by atomic mass is 16.5. The van der Waals surface area contributed by atoms with Crippen molar-refractivity contribution < 1.29 is 4.74 Å². The first-order chi connectivity index (χ1) is 11.3. The third-order valence-electron chi connectivity index (χ3n) is 3.36.